The standard InChI is InChI=1S/C13H18N2O3/c1-2-17-13(16)10-7-12(15-8-11(10)14)18-9-5-3-4-6-9/h7-9H,2-6,14H2,1H3. The van der Waals surface area contributed by atoms with E-state index >= 15 is 0 Å². The van der Waals surface area contributed by atoms with Crippen molar-refractivity contribution in [1.82, 2.24) is 4.98 Å². The molecule has 98 valence electrons. The van der Waals surface area contributed by atoms with E-state index in [-0.39, 0.29) is 6.10 Å². The van der Waals surface area contributed by atoms with Gasteiger partial charge >= 0.3 is 5.97 Å². The fourth-order valence-electron chi connectivity index (χ4n) is 2.07. The summed E-state index contributed by atoms with van der Waals surface area (Å²) in [4.78, 5) is 15.8. The number of aromatic nitrogens is 1. The monoisotopic (exact) mass is 250 g/mol. The molecular weight excluding hydrogens is 232 g/mol. The minimum atomic E-state index is -0.436. The Labute approximate surface area is 106 Å². The molecule has 1 heterocycles. The van der Waals surface area contributed by atoms with Crippen LogP contribution < -0.4 is 10.5 Å². The molecular formula is C13H18N2O3. The summed E-state index contributed by atoms with van der Waals surface area (Å²) in [5.41, 5.74) is 6.34. The van der Waals surface area contributed by atoms with E-state index in [9.17, 15) is 4.79 Å². The first-order valence-corrected chi connectivity index (χ1v) is 6.30. The van der Waals surface area contributed by atoms with Crippen LogP contribution in [0.25, 0.3) is 0 Å². The zero-order valence-corrected chi connectivity index (χ0v) is 10.5. The summed E-state index contributed by atoms with van der Waals surface area (Å²) in [6, 6.07) is 1.56. The van der Waals surface area contributed by atoms with Crippen LogP contribution in [0.2, 0.25) is 0 Å². The molecule has 2 rings (SSSR count). The molecule has 0 saturated heterocycles. The summed E-state index contributed by atoms with van der Waals surface area (Å²) in [5, 5.41) is 0. The molecule has 0 spiro atoms. The number of esters is 1. The fraction of sp³-hybridized carbons (Fsp3) is 0.538. The number of anilines is 1. The molecule has 0 aromatic carbocycles. The van der Waals surface area contributed by atoms with Crippen LogP contribution in [-0.4, -0.2) is 23.7 Å². The van der Waals surface area contributed by atoms with Crippen LogP contribution >= 0.6 is 0 Å². The molecule has 1 saturated carbocycles. The van der Waals surface area contributed by atoms with Crippen molar-refractivity contribution in [2.45, 2.75) is 38.7 Å². The van der Waals surface area contributed by atoms with Gasteiger partial charge in [-0.2, -0.15) is 0 Å². The Kier molecular flexibility index (Phi) is 4.02. The normalized spacial score (nSPS) is 15.6. The molecule has 0 aliphatic heterocycles. The molecule has 1 aliphatic carbocycles. The van der Waals surface area contributed by atoms with E-state index in [2.05, 4.69) is 4.98 Å². The van der Waals surface area contributed by atoms with Crippen molar-refractivity contribution in [2.24, 2.45) is 0 Å². The predicted molar refractivity (Wildman–Crippen MR) is 67.5 cm³/mol. The lowest BCUT2D eigenvalue weighted by atomic mass is 10.2. The van der Waals surface area contributed by atoms with Gasteiger partial charge in [-0.05, 0) is 32.6 Å². The number of ether oxygens (including phenoxy) is 2. The van der Waals surface area contributed by atoms with Crippen molar-refractivity contribution in [3.63, 3.8) is 0 Å². The molecule has 1 aromatic rings. The van der Waals surface area contributed by atoms with Crippen LogP contribution in [0, 0.1) is 0 Å². The number of hydrogen-bond donors (Lipinski definition) is 1. The van der Waals surface area contributed by atoms with Crippen LogP contribution in [0.4, 0.5) is 5.69 Å². The lowest BCUT2D eigenvalue weighted by Crippen LogP contribution is -2.14. The van der Waals surface area contributed by atoms with Gasteiger partial charge in [-0.15, -0.1) is 0 Å². The molecule has 0 atom stereocenters. The summed E-state index contributed by atoms with van der Waals surface area (Å²) < 4.78 is 10.7. The number of nitrogens with two attached hydrogens (primary N) is 1. The molecule has 1 aromatic heterocycles. The lowest BCUT2D eigenvalue weighted by molar-refractivity contribution is 0.0526. The number of pyridine rings is 1. The van der Waals surface area contributed by atoms with Gasteiger partial charge in [0.25, 0.3) is 0 Å². The molecule has 0 bridgehead atoms. The highest BCUT2D eigenvalue weighted by Crippen LogP contribution is 2.24. The number of nitrogens with zero attached hydrogens (tertiary/aromatic N) is 1. The number of carbonyl (C=O) groups excluding carboxylic acids is 1. The molecule has 0 amide bonds. The van der Waals surface area contributed by atoms with Gasteiger partial charge < -0.3 is 15.2 Å². The van der Waals surface area contributed by atoms with E-state index < -0.39 is 5.97 Å². The van der Waals surface area contributed by atoms with Crippen molar-refractivity contribution in [3.8, 4) is 5.88 Å². The number of hydrogen-bond acceptors (Lipinski definition) is 5. The van der Waals surface area contributed by atoms with Gasteiger partial charge in [-0.3, -0.25) is 0 Å². The second-order valence-corrected chi connectivity index (χ2v) is 4.35. The van der Waals surface area contributed by atoms with Crippen LogP contribution in [0.15, 0.2) is 12.3 Å². The predicted octanol–water partition coefficient (Wildman–Crippen LogP) is 2.16. The Balaban J connectivity index is 2.12. The molecule has 18 heavy (non-hydrogen) atoms. The maximum Gasteiger partial charge on any atom is 0.340 e. The third-order valence-corrected chi connectivity index (χ3v) is 2.99. The van der Waals surface area contributed by atoms with Crippen molar-refractivity contribution in [2.75, 3.05) is 12.3 Å². The van der Waals surface area contributed by atoms with Crippen LogP contribution in [0.1, 0.15) is 43.0 Å². The minimum absolute atomic E-state index is 0.205. The van der Waals surface area contributed by atoms with Crippen molar-refractivity contribution in [1.29, 1.82) is 0 Å². The summed E-state index contributed by atoms with van der Waals surface area (Å²) in [6.07, 6.45) is 6.10. The summed E-state index contributed by atoms with van der Waals surface area (Å²) in [6.45, 7) is 2.07. The van der Waals surface area contributed by atoms with Crippen molar-refractivity contribution >= 4 is 11.7 Å². The number of rotatable bonds is 4. The van der Waals surface area contributed by atoms with Crippen LogP contribution in [-0.2, 0) is 4.74 Å². The fourth-order valence-corrected chi connectivity index (χ4v) is 2.07. The van der Waals surface area contributed by atoms with E-state index in [1.165, 1.54) is 19.0 Å². The quantitative estimate of drug-likeness (QED) is 0.829. The maximum atomic E-state index is 11.7. The van der Waals surface area contributed by atoms with Crippen molar-refractivity contribution < 1.29 is 14.3 Å². The molecule has 1 fully saturated rings. The second kappa shape index (κ2) is 5.71. The number of nitrogen functional groups attached to an aromatic ring is 1. The first kappa shape index (κ1) is 12.7. The first-order valence-electron chi connectivity index (χ1n) is 6.30. The topological polar surface area (TPSA) is 74.4 Å². The van der Waals surface area contributed by atoms with Gasteiger partial charge in [0.1, 0.15) is 6.10 Å². The highest BCUT2D eigenvalue weighted by atomic mass is 16.5. The second-order valence-electron chi connectivity index (χ2n) is 4.35. The molecule has 2 N–H and O–H groups in total. The highest BCUT2D eigenvalue weighted by molar-refractivity contribution is 5.95. The van der Waals surface area contributed by atoms with Gasteiger partial charge in [0.15, 0.2) is 0 Å². The van der Waals surface area contributed by atoms with Gasteiger partial charge in [0, 0.05) is 6.07 Å². The average molecular weight is 250 g/mol. The highest BCUT2D eigenvalue weighted by Gasteiger charge is 2.19. The SMILES string of the molecule is CCOC(=O)c1cc(OC2CCCC2)ncc1N. The molecule has 0 unspecified atom stereocenters. The number of carbonyl (C=O) groups is 1. The summed E-state index contributed by atoms with van der Waals surface area (Å²) in [5.74, 6) is 0.00725. The lowest BCUT2D eigenvalue weighted by Gasteiger charge is -2.13. The minimum Gasteiger partial charge on any atom is -0.474 e. The van der Waals surface area contributed by atoms with E-state index in [0.29, 0.717) is 23.7 Å². The third-order valence-electron chi connectivity index (χ3n) is 2.99. The summed E-state index contributed by atoms with van der Waals surface area (Å²) >= 11 is 0. The van der Waals surface area contributed by atoms with Crippen molar-refractivity contribution in [3.05, 3.63) is 17.8 Å². The Hall–Kier alpha value is -1.78. The molecule has 5 nitrogen and oxygen atoms in total. The van der Waals surface area contributed by atoms with E-state index in [1.807, 2.05) is 0 Å². The maximum absolute atomic E-state index is 11.7. The van der Waals surface area contributed by atoms with Crippen LogP contribution in [0.3, 0.4) is 0 Å². The van der Waals surface area contributed by atoms with Gasteiger partial charge in [-0.25, -0.2) is 9.78 Å². The van der Waals surface area contributed by atoms with Gasteiger partial charge in [0.2, 0.25) is 5.88 Å². The van der Waals surface area contributed by atoms with Crippen LogP contribution in [0.5, 0.6) is 5.88 Å². The Morgan fingerprint density at radius 3 is 2.89 bits per heavy atom. The van der Waals surface area contributed by atoms with E-state index in [4.69, 9.17) is 15.2 Å². The van der Waals surface area contributed by atoms with Gasteiger partial charge in [-0.1, -0.05) is 0 Å². The Morgan fingerprint density at radius 1 is 1.50 bits per heavy atom. The molecule has 1 aliphatic rings. The first-order chi connectivity index (χ1) is 8.70. The average Bonchev–Trinajstić information content (AvgIpc) is 2.84. The molecule has 0 radical (unpaired) electrons. The van der Waals surface area contributed by atoms with E-state index in [1.54, 1.807) is 13.0 Å². The zero-order chi connectivity index (χ0) is 13.0. The van der Waals surface area contributed by atoms with Gasteiger partial charge in [0.05, 0.1) is 24.1 Å². The Morgan fingerprint density at radius 2 is 2.22 bits per heavy atom. The molecule has 5 heteroatoms. The largest absolute Gasteiger partial charge is 0.474 e. The third kappa shape index (κ3) is 2.91. The zero-order valence-electron chi connectivity index (χ0n) is 10.5. The smallest absolute Gasteiger partial charge is 0.340 e. The summed E-state index contributed by atoms with van der Waals surface area (Å²) in [7, 11) is 0. The van der Waals surface area contributed by atoms with E-state index in [0.717, 1.165) is 12.8 Å². The Bertz CT molecular complexity index is 428.